The zero-order chi connectivity index (χ0) is 19.9. The van der Waals surface area contributed by atoms with Gasteiger partial charge in [0.1, 0.15) is 5.71 Å². The number of carbonyl (C=O) groups is 3. The fourth-order valence-electron chi connectivity index (χ4n) is 3.91. The Labute approximate surface area is 164 Å². The van der Waals surface area contributed by atoms with Crippen LogP contribution in [0.1, 0.15) is 57.2 Å². The van der Waals surface area contributed by atoms with Crippen LogP contribution in [0.2, 0.25) is 0 Å². The maximum Gasteiger partial charge on any atom is 0.267 e. The van der Waals surface area contributed by atoms with Gasteiger partial charge in [0.2, 0.25) is 11.8 Å². The van der Waals surface area contributed by atoms with Crippen molar-refractivity contribution in [1.29, 1.82) is 0 Å². The van der Waals surface area contributed by atoms with Gasteiger partial charge in [0, 0.05) is 32.5 Å². The lowest BCUT2D eigenvalue weighted by molar-refractivity contribution is -0.122. The van der Waals surface area contributed by atoms with Gasteiger partial charge in [0.25, 0.3) is 5.91 Å². The molecule has 28 heavy (non-hydrogen) atoms. The Bertz CT molecular complexity index is 741. The molecule has 0 radical (unpaired) electrons. The third kappa shape index (κ3) is 5.37. The highest BCUT2D eigenvalue weighted by Crippen LogP contribution is 2.36. The maximum absolute atomic E-state index is 12.2. The molecule has 1 aromatic rings. The second kappa shape index (κ2) is 9.43. The Morgan fingerprint density at radius 1 is 1.21 bits per heavy atom. The largest absolute Gasteiger partial charge is 0.351 e. The highest BCUT2D eigenvalue weighted by molar-refractivity contribution is 6.39. The van der Waals surface area contributed by atoms with E-state index in [0.29, 0.717) is 36.9 Å². The Balaban J connectivity index is 1.49. The summed E-state index contributed by atoms with van der Waals surface area (Å²) >= 11 is 0. The monoisotopic (exact) mass is 385 g/mol. The third-order valence-corrected chi connectivity index (χ3v) is 5.45. The molecule has 1 aromatic heterocycles. The molecular weight excluding hydrogens is 358 g/mol. The van der Waals surface area contributed by atoms with Crippen molar-refractivity contribution < 1.29 is 14.4 Å². The van der Waals surface area contributed by atoms with E-state index in [0.717, 1.165) is 31.4 Å². The first-order valence-electron chi connectivity index (χ1n) is 9.84. The summed E-state index contributed by atoms with van der Waals surface area (Å²) in [5.74, 6) is 0.331. The van der Waals surface area contributed by atoms with Crippen LogP contribution in [0.5, 0.6) is 0 Å². The summed E-state index contributed by atoms with van der Waals surface area (Å²) in [6.07, 6.45) is 6.34. The second-order valence-electron chi connectivity index (χ2n) is 7.52. The molecule has 1 fully saturated rings. The average molecular weight is 385 g/mol. The van der Waals surface area contributed by atoms with E-state index < -0.39 is 0 Å². The minimum atomic E-state index is -0.202. The van der Waals surface area contributed by atoms with E-state index in [2.05, 4.69) is 26.1 Å². The second-order valence-corrected chi connectivity index (χ2v) is 7.52. The normalized spacial score (nSPS) is 23.2. The summed E-state index contributed by atoms with van der Waals surface area (Å²) in [4.78, 5) is 39.4. The van der Waals surface area contributed by atoms with Gasteiger partial charge in [-0.1, -0.05) is 6.07 Å². The molecule has 2 heterocycles. The van der Waals surface area contributed by atoms with Gasteiger partial charge in [0.15, 0.2) is 0 Å². The van der Waals surface area contributed by atoms with Gasteiger partial charge in [-0.05, 0) is 49.7 Å². The standard InChI is InChI=1S/C20H27N5O3/c1-13(26)23-19(16-4-2-3-11-21-16)15-7-5-14(6-8-15)12-22-20(28)17-9-10-18(27)25-24-17/h2-4,11,14-15,19H,5-10,12H2,1H3,(H,22,28)(H,23,26)(H,25,27)/t14?,15?,19-/m0/s1. The van der Waals surface area contributed by atoms with Crippen LogP contribution in [0.25, 0.3) is 0 Å². The summed E-state index contributed by atoms with van der Waals surface area (Å²) in [7, 11) is 0. The van der Waals surface area contributed by atoms with Crippen molar-refractivity contribution in [3.8, 4) is 0 Å². The van der Waals surface area contributed by atoms with E-state index in [-0.39, 0.29) is 23.8 Å². The highest BCUT2D eigenvalue weighted by Gasteiger charge is 2.30. The quantitative estimate of drug-likeness (QED) is 0.688. The summed E-state index contributed by atoms with van der Waals surface area (Å²) in [6.45, 7) is 2.14. The number of amides is 3. The van der Waals surface area contributed by atoms with E-state index in [1.165, 1.54) is 6.92 Å². The molecule has 150 valence electrons. The summed E-state index contributed by atoms with van der Waals surface area (Å²) < 4.78 is 0. The Kier molecular flexibility index (Phi) is 6.73. The van der Waals surface area contributed by atoms with Gasteiger partial charge in [-0.25, -0.2) is 5.43 Å². The Morgan fingerprint density at radius 2 is 2.00 bits per heavy atom. The van der Waals surface area contributed by atoms with Gasteiger partial charge in [-0.3, -0.25) is 19.4 Å². The van der Waals surface area contributed by atoms with Gasteiger partial charge < -0.3 is 10.6 Å². The number of aromatic nitrogens is 1. The zero-order valence-electron chi connectivity index (χ0n) is 16.1. The van der Waals surface area contributed by atoms with E-state index in [1.54, 1.807) is 6.20 Å². The molecule has 0 aromatic carbocycles. The number of hydrogen-bond acceptors (Lipinski definition) is 5. The number of hydrogen-bond donors (Lipinski definition) is 3. The molecule has 1 saturated carbocycles. The van der Waals surface area contributed by atoms with Gasteiger partial charge in [-0.2, -0.15) is 5.10 Å². The highest BCUT2D eigenvalue weighted by atomic mass is 16.2. The maximum atomic E-state index is 12.2. The average Bonchev–Trinajstić information content (AvgIpc) is 2.72. The molecular formula is C20H27N5O3. The molecule has 0 spiro atoms. The lowest BCUT2D eigenvalue weighted by Gasteiger charge is -2.34. The van der Waals surface area contributed by atoms with Crippen molar-refractivity contribution in [1.82, 2.24) is 21.0 Å². The van der Waals surface area contributed by atoms with Crippen LogP contribution in [-0.4, -0.2) is 35.0 Å². The van der Waals surface area contributed by atoms with Crippen LogP contribution in [0.4, 0.5) is 0 Å². The van der Waals surface area contributed by atoms with Gasteiger partial charge in [-0.15, -0.1) is 0 Å². The van der Waals surface area contributed by atoms with Gasteiger partial charge in [0.05, 0.1) is 11.7 Å². The Hall–Kier alpha value is -2.77. The number of rotatable bonds is 6. The molecule has 2 aliphatic rings. The number of nitrogens with zero attached hydrogens (tertiary/aromatic N) is 2. The first kappa shape index (κ1) is 20.0. The van der Waals surface area contributed by atoms with E-state index in [9.17, 15) is 14.4 Å². The molecule has 1 atom stereocenters. The fraction of sp³-hybridized carbons (Fsp3) is 0.550. The number of hydrazone groups is 1. The van der Waals surface area contributed by atoms with Crippen molar-refractivity contribution in [2.75, 3.05) is 6.54 Å². The molecule has 0 unspecified atom stereocenters. The molecule has 1 aliphatic carbocycles. The molecule has 8 nitrogen and oxygen atoms in total. The SMILES string of the molecule is CC(=O)N[C@H](c1ccccn1)C1CCC(CNC(=O)C2=NNC(=O)CC2)CC1. The zero-order valence-corrected chi connectivity index (χ0v) is 16.1. The van der Waals surface area contributed by atoms with E-state index in [1.807, 2.05) is 18.2 Å². The van der Waals surface area contributed by atoms with Crippen molar-refractivity contribution in [3.63, 3.8) is 0 Å². The van der Waals surface area contributed by atoms with Crippen LogP contribution in [0, 0.1) is 11.8 Å². The Morgan fingerprint density at radius 3 is 2.61 bits per heavy atom. The van der Waals surface area contributed by atoms with Crippen molar-refractivity contribution in [3.05, 3.63) is 30.1 Å². The molecule has 8 heteroatoms. The van der Waals surface area contributed by atoms with Crippen LogP contribution < -0.4 is 16.1 Å². The van der Waals surface area contributed by atoms with Gasteiger partial charge >= 0.3 is 0 Å². The minimum absolute atomic E-state index is 0.0506. The number of pyridine rings is 1. The molecule has 3 N–H and O–H groups in total. The number of carbonyl (C=O) groups excluding carboxylic acids is 3. The predicted octanol–water partition coefficient (Wildman–Crippen LogP) is 1.45. The summed E-state index contributed by atoms with van der Waals surface area (Å²) in [5, 5.41) is 9.83. The lowest BCUT2D eigenvalue weighted by Crippen LogP contribution is -2.40. The number of nitrogens with one attached hydrogen (secondary N) is 3. The molecule has 0 saturated heterocycles. The van der Waals surface area contributed by atoms with E-state index >= 15 is 0 Å². The molecule has 1 aliphatic heterocycles. The van der Waals surface area contributed by atoms with Crippen molar-refractivity contribution in [2.45, 2.75) is 51.5 Å². The lowest BCUT2D eigenvalue weighted by atomic mass is 9.77. The molecule has 3 rings (SSSR count). The molecule has 0 bridgehead atoms. The van der Waals surface area contributed by atoms with Crippen LogP contribution in [0.15, 0.2) is 29.5 Å². The third-order valence-electron chi connectivity index (χ3n) is 5.45. The smallest absolute Gasteiger partial charge is 0.267 e. The molecule has 3 amide bonds. The first-order valence-corrected chi connectivity index (χ1v) is 9.84. The van der Waals surface area contributed by atoms with E-state index in [4.69, 9.17) is 0 Å². The minimum Gasteiger partial charge on any atom is -0.351 e. The van der Waals surface area contributed by atoms with Crippen LogP contribution in [-0.2, 0) is 14.4 Å². The van der Waals surface area contributed by atoms with Crippen LogP contribution >= 0.6 is 0 Å². The summed E-state index contributed by atoms with van der Waals surface area (Å²) in [5.41, 5.74) is 3.63. The van der Waals surface area contributed by atoms with Crippen molar-refractivity contribution in [2.24, 2.45) is 16.9 Å². The predicted molar refractivity (Wildman–Crippen MR) is 104 cm³/mol. The fourth-order valence-corrected chi connectivity index (χ4v) is 3.91. The van der Waals surface area contributed by atoms with Crippen LogP contribution in [0.3, 0.4) is 0 Å². The van der Waals surface area contributed by atoms with Crippen molar-refractivity contribution >= 4 is 23.4 Å². The first-order chi connectivity index (χ1) is 13.5. The topological polar surface area (TPSA) is 113 Å². The summed E-state index contributed by atoms with van der Waals surface area (Å²) in [6, 6.07) is 5.69.